The molecule has 94 valence electrons. The third-order valence-corrected chi connectivity index (χ3v) is 4.39. The Morgan fingerprint density at radius 3 is 2.56 bits per heavy atom. The Morgan fingerprint density at radius 1 is 1.50 bits per heavy atom. The SMILES string of the molecule is C=C(CC(CC)OCC1CO1)[SiH](OC)OC. The maximum Gasteiger partial charge on any atom is 0.350 e. The van der Waals surface area contributed by atoms with E-state index >= 15 is 0 Å². The van der Waals surface area contributed by atoms with Crippen molar-refractivity contribution < 1.29 is 18.3 Å². The zero-order valence-corrected chi connectivity index (χ0v) is 11.6. The van der Waals surface area contributed by atoms with E-state index < -0.39 is 9.28 Å². The molecule has 2 atom stereocenters. The van der Waals surface area contributed by atoms with Gasteiger partial charge in [-0.15, -0.1) is 0 Å². The molecular formula is C11H22O4Si. The van der Waals surface area contributed by atoms with Crippen molar-refractivity contribution in [1.29, 1.82) is 0 Å². The fourth-order valence-corrected chi connectivity index (χ4v) is 2.86. The molecule has 0 bridgehead atoms. The van der Waals surface area contributed by atoms with E-state index in [2.05, 4.69) is 13.5 Å². The van der Waals surface area contributed by atoms with Crippen molar-refractivity contribution >= 4 is 9.28 Å². The van der Waals surface area contributed by atoms with Crippen LogP contribution in [0, 0.1) is 0 Å². The summed E-state index contributed by atoms with van der Waals surface area (Å²) in [4.78, 5) is 0. The first-order valence-corrected chi connectivity index (χ1v) is 7.19. The molecule has 1 rings (SSSR count). The summed E-state index contributed by atoms with van der Waals surface area (Å²) in [5.41, 5.74) is 0. The van der Waals surface area contributed by atoms with Gasteiger partial charge in [0.25, 0.3) is 0 Å². The molecule has 16 heavy (non-hydrogen) atoms. The average Bonchev–Trinajstić information content (AvgIpc) is 3.09. The van der Waals surface area contributed by atoms with Crippen LogP contribution in [0.4, 0.5) is 0 Å². The highest BCUT2D eigenvalue weighted by Gasteiger charge is 2.25. The Hall–Kier alpha value is -0.203. The first-order valence-electron chi connectivity index (χ1n) is 5.67. The van der Waals surface area contributed by atoms with E-state index in [0.29, 0.717) is 12.7 Å². The number of ether oxygens (including phenoxy) is 2. The van der Waals surface area contributed by atoms with Gasteiger partial charge in [-0.2, -0.15) is 0 Å². The summed E-state index contributed by atoms with van der Waals surface area (Å²) in [5, 5.41) is 1.05. The molecule has 1 aliphatic heterocycles. The van der Waals surface area contributed by atoms with E-state index in [1.165, 1.54) is 0 Å². The molecule has 0 aromatic rings. The Bertz CT molecular complexity index is 214. The highest BCUT2D eigenvalue weighted by Crippen LogP contribution is 2.16. The third-order valence-electron chi connectivity index (χ3n) is 2.63. The molecule has 0 aliphatic carbocycles. The first kappa shape index (κ1) is 13.9. The topological polar surface area (TPSA) is 40.2 Å². The van der Waals surface area contributed by atoms with Crippen molar-refractivity contribution in [3.8, 4) is 0 Å². The van der Waals surface area contributed by atoms with E-state index in [0.717, 1.165) is 24.6 Å². The minimum Gasteiger partial charge on any atom is -0.397 e. The second kappa shape index (κ2) is 7.19. The third kappa shape index (κ3) is 4.76. The Morgan fingerprint density at radius 2 is 2.12 bits per heavy atom. The Balaban J connectivity index is 2.26. The molecule has 4 nitrogen and oxygen atoms in total. The molecule has 0 aromatic heterocycles. The lowest BCUT2D eigenvalue weighted by atomic mass is 10.2. The molecule has 0 radical (unpaired) electrons. The second-order valence-corrected chi connectivity index (χ2v) is 6.41. The van der Waals surface area contributed by atoms with E-state index in [4.69, 9.17) is 18.3 Å². The average molecular weight is 246 g/mol. The minimum absolute atomic E-state index is 0.206. The van der Waals surface area contributed by atoms with Crippen LogP contribution in [0.5, 0.6) is 0 Å². The summed E-state index contributed by atoms with van der Waals surface area (Å²) in [6, 6.07) is 0. The van der Waals surface area contributed by atoms with Crippen LogP contribution in [-0.4, -0.2) is 48.9 Å². The van der Waals surface area contributed by atoms with Gasteiger partial charge in [0, 0.05) is 14.2 Å². The van der Waals surface area contributed by atoms with E-state index in [1.54, 1.807) is 14.2 Å². The summed E-state index contributed by atoms with van der Waals surface area (Å²) >= 11 is 0. The summed E-state index contributed by atoms with van der Waals surface area (Å²) < 4.78 is 21.4. The molecule has 0 saturated carbocycles. The number of hydrogen-bond donors (Lipinski definition) is 0. The van der Waals surface area contributed by atoms with Crippen molar-refractivity contribution in [2.45, 2.75) is 32.0 Å². The van der Waals surface area contributed by atoms with Gasteiger partial charge in [-0.05, 0) is 18.0 Å². The van der Waals surface area contributed by atoms with Crippen molar-refractivity contribution in [2.75, 3.05) is 27.4 Å². The molecule has 1 saturated heterocycles. The predicted molar refractivity (Wildman–Crippen MR) is 64.7 cm³/mol. The maximum atomic E-state index is 5.75. The monoisotopic (exact) mass is 246 g/mol. The van der Waals surface area contributed by atoms with Crippen LogP contribution in [0.25, 0.3) is 0 Å². The van der Waals surface area contributed by atoms with Gasteiger partial charge < -0.3 is 18.3 Å². The van der Waals surface area contributed by atoms with Crippen LogP contribution in [-0.2, 0) is 18.3 Å². The Kier molecular flexibility index (Phi) is 6.23. The van der Waals surface area contributed by atoms with Gasteiger partial charge >= 0.3 is 9.28 Å². The normalized spacial score (nSPS) is 21.1. The largest absolute Gasteiger partial charge is 0.397 e. The lowest BCUT2D eigenvalue weighted by molar-refractivity contribution is 0.0409. The highest BCUT2D eigenvalue weighted by molar-refractivity contribution is 6.53. The molecular weight excluding hydrogens is 224 g/mol. The highest BCUT2D eigenvalue weighted by atomic mass is 28.3. The van der Waals surface area contributed by atoms with Crippen molar-refractivity contribution in [1.82, 2.24) is 0 Å². The number of rotatable bonds is 9. The van der Waals surface area contributed by atoms with Crippen molar-refractivity contribution in [3.05, 3.63) is 11.8 Å². The van der Waals surface area contributed by atoms with E-state index in [-0.39, 0.29) is 6.10 Å². The quantitative estimate of drug-likeness (QED) is 0.452. The Labute approximate surface area is 99.4 Å². The fourth-order valence-electron chi connectivity index (χ4n) is 1.55. The molecule has 1 fully saturated rings. The predicted octanol–water partition coefficient (Wildman–Crippen LogP) is 1.18. The number of epoxide rings is 1. The van der Waals surface area contributed by atoms with Crippen LogP contribution in [0.15, 0.2) is 11.8 Å². The van der Waals surface area contributed by atoms with Crippen molar-refractivity contribution in [2.24, 2.45) is 0 Å². The molecule has 0 amide bonds. The van der Waals surface area contributed by atoms with Gasteiger partial charge in [-0.25, -0.2) is 0 Å². The van der Waals surface area contributed by atoms with Crippen LogP contribution in [0.2, 0.25) is 0 Å². The molecule has 1 heterocycles. The molecule has 0 N–H and O–H groups in total. The van der Waals surface area contributed by atoms with Gasteiger partial charge in [0.05, 0.1) is 19.3 Å². The molecule has 5 heteroatoms. The van der Waals surface area contributed by atoms with Gasteiger partial charge in [-0.3, -0.25) is 0 Å². The van der Waals surface area contributed by atoms with Gasteiger partial charge in [0.2, 0.25) is 0 Å². The first-order chi connectivity index (χ1) is 7.71. The lowest BCUT2D eigenvalue weighted by Gasteiger charge is -2.20. The fraction of sp³-hybridized carbons (Fsp3) is 0.818. The minimum atomic E-state index is -1.70. The van der Waals surface area contributed by atoms with E-state index in [1.807, 2.05) is 0 Å². The van der Waals surface area contributed by atoms with Crippen LogP contribution >= 0.6 is 0 Å². The summed E-state index contributed by atoms with van der Waals surface area (Å²) in [6.45, 7) is 7.67. The smallest absolute Gasteiger partial charge is 0.350 e. The van der Waals surface area contributed by atoms with Gasteiger partial charge in [0.1, 0.15) is 6.10 Å². The molecule has 1 aliphatic rings. The molecule has 2 unspecified atom stereocenters. The lowest BCUT2D eigenvalue weighted by Crippen LogP contribution is -2.26. The van der Waals surface area contributed by atoms with Crippen LogP contribution in [0.3, 0.4) is 0 Å². The summed E-state index contributed by atoms with van der Waals surface area (Å²) in [6.07, 6.45) is 2.32. The van der Waals surface area contributed by atoms with E-state index in [9.17, 15) is 0 Å². The number of hydrogen-bond acceptors (Lipinski definition) is 4. The zero-order valence-electron chi connectivity index (χ0n) is 10.4. The standard InChI is InChI=1S/C11H22O4Si/c1-5-10(14-7-11-8-15-11)6-9(2)16(12-3)13-4/h10-11,16H,2,5-8H2,1,3-4H3. The molecule has 0 spiro atoms. The zero-order chi connectivity index (χ0) is 12.0. The van der Waals surface area contributed by atoms with Crippen molar-refractivity contribution in [3.63, 3.8) is 0 Å². The second-order valence-electron chi connectivity index (χ2n) is 3.98. The maximum absolute atomic E-state index is 5.75. The summed E-state index contributed by atoms with van der Waals surface area (Å²) in [5.74, 6) is 0. The van der Waals surface area contributed by atoms with Gasteiger partial charge in [-0.1, -0.05) is 13.5 Å². The molecule has 0 aromatic carbocycles. The van der Waals surface area contributed by atoms with Crippen LogP contribution in [0.1, 0.15) is 19.8 Å². The van der Waals surface area contributed by atoms with Crippen LogP contribution < -0.4 is 0 Å². The van der Waals surface area contributed by atoms with Gasteiger partial charge in [0.15, 0.2) is 0 Å². The summed E-state index contributed by atoms with van der Waals surface area (Å²) in [7, 11) is 1.65.